The highest BCUT2D eigenvalue weighted by Gasteiger charge is 2.23. The highest BCUT2D eigenvalue weighted by molar-refractivity contribution is 7.15. The first-order valence-electron chi connectivity index (χ1n) is 8.70. The van der Waals surface area contributed by atoms with Crippen molar-refractivity contribution >= 4 is 16.5 Å². The molecule has 1 fully saturated rings. The number of nitrogens with zero attached hydrogens (tertiary/aromatic N) is 4. The average Bonchev–Trinajstić information content (AvgIpc) is 3.05. The van der Waals surface area contributed by atoms with Crippen molar-refractivity contribution in [3.63, 3.8) is 0 Å². The van der Waals surface area contributed by atoms with Gasteiger partial charge in [0, 0.05) is 50.8 Å². The van der Waals surface area contributed by atoms with Crippen LogP contribution in [0.25, 0.3) is 0 Å². The lowest BCUT2D eigenvalue weighted by atomic mass is 10.0. The predicted molar refractivity (Wildman–Crippen MR) is 103 cm³/mol. The second-order valence-electron chi connectivity index (χ2n) is 6.94. The van der Waals surface area contributed by atoms with Gasteiger partial charge in [0.1, 0.15) is 0 Å². The number of likely N-dealkylation sites (tertiary alicyclic amines) is 1. The first kappa shape index (κ1) is 17.4. The van der Waals surface area contributed by atoms with E-state index in [0.29, 0.717) is 6.04 Å². The van der Waals surface area contributed by atoms with Gasteiger partial charge in [-0.15, -0.1) is 11.3 Å². The van der Waals surface area contributed by atoms with Crippen LogP contribution in [0.3, 0.4) is 0 Å². The maximum atomic E-state index is 4.50. The van der Waals surface area contributed by atoms with Crippen LogP contribution in [0.4, 0.5) is 5.13 Å². The van der Waals surface area contributed by atoms with Crippen LogP contribution < -0.4 is 4.90 Å². The Morgan fingerprint density at radius 1 is 1.21 bits per heavy atom. The van der Waals surface area contributed by atoms with E-state index in [9.17, 15) is 0 Å². The van der Waals surface area contributed by atoms with Crippen molar-refractivity contribution in [2.75, 3.05) is 39.1 Å². The van der Waals surface area contributed by atoms with E-state index in [1.54, 1.807) is 11.3 Å². The monoisotopic (exact) mass is 344 g/mol. The molecule has 2 aromatic rings. The topological polar surface area (TPSA) is 22.6 Å². The Hall–Kier alpha value is -1.43. The first-order valence-corrected chi connectivity index (χ1v) is 9.52. The highest BCUT2D eigenvalue weighted by atomic mass is 32.1. The Morgan fingerprint density at radius 3 is 2.71 bits per heavy atom. The van der Waals surface area contributed by atoms with Crippen molar-refractivity contribution in [3.8, 4) is 0 Å². The zero-order valence-electron chi connectivity index (χ0n) is 15.0. The van der Waals surface area contributed by atoms with E-state index in [1.165, 1.54) is 29.8 Å². The van der Waals surface area contributed by atoms with Gasteiger partial charge < -0.3 is 4.90 Å². The summed E-state index contributed by atoms with van der Waals surface area (Å²) in [5.41, 5.74) is 1.40. The molecular formula is C19H28N4S. The number of rotatable bonds is 6. The lowest BCUT2D eigenvalue weighted by Crippen LogP contribution is -2.45. The van der Waals surface area contributed by atoms with E-state index in [2.05, 4.69) is 71.2 Å². The number of aromatic nitrogens is 1. The van der Waals surface area contributed by atoms with E-state index in [-0.39, 0.29) is 0 Å². The summed E-state index contributed by atoms with van der Waals surface area (Å²) in [5.74, 6) is 0. The molecule has 0 unspecified atom stereocenters. The van der Waals surface area contributed by atoms with Crippen molar-refractivity contribution in [3.05, 3.63) is 47.0 Å². The van der Waals surface area contributed by atoms with Crippen LogP contribution in [-0.4, -0.2) is 55.1 Å². The molecule has 1 aliphatic heterocycles. The minimum atomic E-state index is 0.639. The van der Waals surface area contributed by atoms with E-state index < -0.39 is 0 Å². The molecule has 2 heterocycles. The number of hydrogen-bond acceptors (Lipinski definition) is 5. The van der Waals surface area contributed by atoms with Crippen LogP contribution >= 0.6 is 11.3 Å². The second-order valence-corrected chi connectivity index (χ2v) is 8.03. The zero-order valence-corrected chi connectivity index (χ0v) is 15.8. The van der Waals surface area contributed by atoms with Crippen LogP contribution in [0, 0.1) is 0 Å². The fourth-order valence-corrected chi connectivity index (χ4v) is 4.21. The van der Waals surface area contributed by atoms with Gasteiger partial charge in [-0.05, 0) is 32.0 Å². The van der Waals surface area contributed by atoms with E-state index in [1.807, 2.05) is 6.20 Å². The van der Waals surface area contributed by atoms with Crippen LogP contribution in [0.1, 0.15) is 23.3 Å². The summed E-state index contributed by atoms with van der Waals surface area (Å²) >= 11 is 1.81. The maximum Gasteiger partial charge on any atom is 0.185 e. The molecule has 0 N–H and O–H groups in total. The van der Waals surface area contributed by atoms with Crippen LogP contribution in [0.15, 0.2) is 36.5 Å². The Balaban J connectivity index is 1.55. The Morgan fingerprint density at radius 2 is 2.00 bits per heavy atom. The van der Waals surface area contributed by atoms with Gasteiger partial charge in [-0.1, -0.05) is 30.3 Å². The highest BCUT2D eigenvalue weighted by Crippen LogP contribution is 2.24. The van der Waals surface area contributed by atoms with Gasteiger partial charge in [0.15, 0.2) is 5.13 Å². The first-order chi connectivity index (χ1) is 11.6. The number of piperidine rings is 1. The Bertz CT molecular complexity index is 625. The van der Waals surface area contributed by atoms with Gasteiger partial charge >= 0.3 is 0 Å². The van der Waals surface area contributed by atoms with Crippen molar-refractivity contribution in [2.24, 2.45) is 0 Å². The molecule has 0 amide bonds. The lowest BCUT2D eigenvalue weighted by Gasteiger charge is -2.37. The number of hydrogen-bond donors (Lipinski definition) is 0. The maximum absolute atomic E-state index is 4.50. The number of benzene rings is 1. The van der Waals surface area contributed by atoms with Crippen molar-refractivity contribution in [1.29, 1.82) is 0 Å². The quantitative estimate of drug-likeness (QED) is 0.802. The molecule has 1 atom stereocenters. The zero-order chi connectivity index (χ0) is 16.9. The van der Waals surface area contributed by atoms with Gasteiger partial charge in [-0.2, -0.15) is 0 Å². The molecule has 3 rings (SSSR count). The summed E-state index contributed by atoms with van der Waals surface area (Å²) in [7, 11) is 6.37. The molecule has 0 spiro atoms. The molecule has 0 radical (unpaired) electrons. The molecule has 1 aliphatic rings. The number of anilines is 1. The summed E-state index contributed by atoms with van der Waals surface area (Å²) in [6, 6.07) is 11.4. The SMILES string of the molecule is CN(C)c1ncc(CN2CCC[C@H](N(C)Cc3ccccc3)C2)s1. The van der Waals surface area contributed by atoms with Crippen molar-refractivity contribution in [1.82, 2.24) is 14.8 Å². The second kappa shape index (κ2) is 8.10. The minimum absolute atomic E-state index is 0.639. The van der Waals surface area contributed by atoms with Gasteiger partial charge in [0.25, 0.3) is 0 Å². The molecule has 0 saturated carbocycles. The molecule has 1 aromatic carbocycles. The fourth-order valence-electron chi connectivity index (χ4n) is 3.33. The normalized spacial score (nSPS) is 18.9. The Labute approximate surface area is 149 Å². The average molecular weight is 345 g/mol. The third-order valence-electron chi connectivity index (χ3n) is 4.68. The fraction of sp³-hybridized carbons (Fsp3) is 0.526. The van der Waals surface area contributed by atoms with Crippen molar-refractivity contribution in [2.45, 2.75) is 32.0 Å². The number of likely N-dealkylation sites (N-methyl/N-ethyl adjacent to an activating group) is 1. The third kappa shape index (κ3) is 4.56. The predicted octanol–water partition coefficient (Wildman–Crippen LogP) is 3.31. The molecule has 24 heavy (non-hydrogen) atoms. The molecular weight excluding hydrogens is 316 g/mol. The summed E-state index contributed by atoms with van der Waals surface area (Å²) in [6.45, 7) is 4.41. The minimum Gasteiger partial charge on any atom is -0.354 e. The molecule has 1 aromatic heterocycles. The molecule has 130 valence electrons. The van der Waals surface area contributed by atoms with E-state index >= 15 is 0 Å². The third-order valence-corrected chi connectivity index (χ3v) is 5.83. The van der Waals surface area contributed by atoms with Gasteiger partial charge in [0.05, 0.1) is 0 Å². The Kier molecular flexibility index (Phi) is 5.87. The van der Waals surface area contributed by atoms with Gasteiger partial charge in [-0.25, -0.2) is 4.98 Å². The molecule has 0 bridgehead atoms. The van der Waals surface area contributed by atoms with E-state index in [4.69, 9.17) is 0 Å². The van der Waals surface area contributed by atoms with Crippen LogP contribution in [0.2, 0.25) is 0 Å². The van der Waals surface area contributed by atoms with Crippen molar-refractivity contribution < 1.29 is 0 Å². The lowest BCUT2D eigenvalue weighted by molar-refractivity contribution is 0.108. The standard InChI is InChI=1S/C19H28N4S/c1-21(2)19-20-12-18(24-19)15-23-11-7-10-17(14-23)22(3)13-16-8-5-4-6-9-16/h4-6,8-9,12,17H,7,10-11,13-15H2,1-3H3/t17-/m0/s1. The smallest absolute Gasteiger partial charge is 0.185 e. The van der Waals surface area contributed by atoms with Crippen LogP contribution in [0.5, 0.6) is 0 Å². The summed E-state index contributed by atoms with van der Waals surface area (Å²) < 4.78 is 0. The molecule has 1 saturated heterocycles. The summed E-state index contributed by atoms with van der Waals surface area (Å²) in [6.07, 6.45) is 4.62. The van der Waals surface area contributed by atoms with Gasteiger partial charge in [-0.3, -0.25) is 9.80 Å². The largest absolute Gasteiger partial charge is 0.354 e. The number of thiazole rings is 1. The van der Waals surface area contributed by atoms with E-state index in [0.717, 1.165) is 24.8 Å². The molecule has 5 heteroatoms. The van der Waals surface area contributed by atoms with Crippen LogP contribution in [-0.2, 0) is 13.1 Å². The molecule has 0 aliphatic carbocycles. The summed E-state index contributed by atoms with van der Waals surface area (Å²) in [5, 5.41) is 1.10. The molecule has 4 nitrogen and oxygen atoms in total. The van der Waals surface area contributed by atoms with Gasteiger partial charge in [0.2, 0.25) is 0 Å². The summed E-state index contributed by atoms with van der Waals surface area (Å²) in [4.78, 5) is 13.0.